The lowest BCUT2D eigenvalue weighted by atomic mass is 10.1. The fourth-order valence-electron chi connectivity index (χ4n) is 2.91. The van der Waals surface area contributed by atoms with Crippen LogP contribution in [-0.4, -0.2) is 41.6 Å². The molecule has 2 heterocycles. The van der Waals surface area contributed by atoms with Crippen molar-refractivity contribution in [3.63, 3.8) is 0 Å². The molecule has 2 rings (SSSR count). The molecule has 1 aromatic heterocycles. The Morgan fingerprint density at radius 1 is 1.48 bits per heavy atom. The molecule has 0 spiro atoms. The van der Waals surface area contributed by atoms with Gasteiger partial charge in [0.2, 0.25) is 5.91 Å². The van der Waals surface area contributed by atoms with Crippen LogP contribution in [0, 0.1) is 19.8 Å². The van der Waals surface area contributed by atoms with Crippen molar-refractivity contribution in [3.8, 4) is 0 Å². The number of carbonyl (C=O) groups excluding carboxylic acids is 1. The van der Waals surface area contributed by atoms with Crippen molar-refractivity contribution in [2.45, 2.75) is 53.0 Å². The van der Waals surface area contributed by atoms with Crippen LogP contribution in [0.4, 0.5) is 0 Å². The topological polar surface area (TPSA) is 58.4 Å². The zero-order valence-corrected chi connectivity index (χ0v) is 13.6. The largest absolute Gasteiger partial charge is 0.361 e. The van der Waals surface area contributed by atoms with Gasteiger partial charge in [0.1, 0.15) is 5.76 Å². The highest BCUT2D eigenvalue weighted by Gasteiger charge is 2.24. The van der Waals surface area contributed by atoms with E-state index < -0.39 is 0 Å². The summed E-state index contributed by atoms with van der Waals surface area (Å²) in [6, 6.07) is 0.442. The fourth-order valence-corrected chi connectivity index (χ4v) is 2.91. The van der Waals surface area contributed by atoms with E-state index in [0.717, 1.165) is 43.1 Å². The van der Waals surface area contributed by atoms with Crippen molar-refractivity contribution in [1.29, 1.82) is 0 Å². The maximum absolute atomic E-state index is 12.7. The summed E-state index contributed by atoms with van der Waals surface area (Å²) in [4.78, 5) is 14.7. The number of hydrogen-bond acceptors (Lipinski definition) is 4. The summed E-state index contributed by atoms with van der Waals surface area (Å²) in [6.45, 7) is 10.7. The standard InChI is InChI=1S/C16H27N3O2/c1-11(2)9-19(10-14-6-5-7-17-14)16(20)8-15-12(3)18-21-13(15)4/h11,14,17H,5-10H2,1-4H3. The third-order valence-corrected chi connectivity index (χ3v) is 4.05. The van der Waals surface area contributed by atoms with Crippen LogP contribution < -0.4 is 5.32 Å². The first kappa shape index (κ1) is 16.0. The summed E-state index contributed by atoms with van der Waals surface area (Å²) in [6.07, 6.45) is 2.76. The molecule has 1 atom stereocenters. The summed E-state index contributed by atoms with van der Waals surface area (Å²) >= 11 is 0. The van der Waals surface area contributed by atoms with Gasteiger partial charge in [-0.05, 0) is 39.2 Å². The van der Waals surface area contributed by atoms with E-state index >= 15 is 0 Å². The number of aryl methyl sites for hydroxylation is 2. The highest BCUT2D eigenvalue weighted by molar-refractivity contribution is 5.79. The summed E-state index contributed by atoms with van der Waals surface area (Å²) < 4.78 is 5.16. The fraction of sp³-hybridized carbons (Fsp3) is 0.750. The highest BCUT2D eigenvalue weighted by atomic mass is 16.5. The van der Waals surface area contributed by atoms with E-state index in [4.69, 9.17) is 4.52 Å². The van der Waals surface area contributed by atoms with Crippen LogP contribution in [0.1, 0.15) is 43.7 Å². The summed E-state index contributed by atoms with van der Waals surface area (Å²) in [5, 5.41) is 7.41. The van der Waals surface area contributed by atoms with Gasteiger partial charge >= 0.3 is 0 Å². The van der Waals surface area contributed by atoms with Crippen molar-refractivity contribution < 1.29 is 9.32 Å². The minimum atomic E-state index is 0.173. The van der Waals surface area contributed by atoms with Gasteiger partial charge in [0.05, 0.1) is 12.1 Å². The molecule has 1 fully saturated rings. The second-order valence-corrected chi connectivity index (χ2v) is 6.47. The molecule has 1 amide bonds. The second kappa shape index (κ2) is 7.07. The van der Waals surface area contributed by atoms with E-state index in [1.165, 1.54) is 6.42 Å². The van der Waals surface area contributed by atoms with Gasteiger partial charge in [-0.25, -0.2) is 0 Å². The van der Waals surface area contributed by atoms with Gasteiger partial charge in [-0.3, -0.25) is 4.79 Å². The summed E-state index contributed by atoms with van der Waals surface area (Å²) in [7, 11) is 0. The number of amides is 1. The third kappa shape index (κ3) is 4.30. The molecule has 118 valence electrons. The van der Waals surface area contributed by atoms with Crippen LogP contribution in [-0.2, 0) is 11.2 Å². The predicted octanol–water partition coefficient (Wildman–Crippen LogP) is 2.07. The molecule has 0 aromatic carbocycles. The van der Waals surface area contributed by atoms with Gasteiger partial charge < -0.3 is 14.7 Å². The lowest BCUT2D eigenvalue weighted by Gasteiger charge is -2.27. The number of nitrogens with one attached hydrogen (secondary N) is 1. The molecule has 0 radical (unpaired) electrons. The van der Waals surface area contributed by atoms with Gasteiger partial charge in [-0.1, -0.05) is 19.0 Å². The summed E-state index contributed by atoms with van der Waals surface area (Å²) in [5.41, 5.74) is 1.76. The number of rotatable bonds is 6. The molecule has 1 N–H and O–H groups in total. The van der Waals surface area contributed by atoms with Gasteiger partial charge in [0, 0.05) is 24.7 Å². The molecular formula is C16H27N3O2. The maximum Gasteiger partial charge on any atom is 0.227 e. The van der Waals surface area contributed by atoms with Crippen molar-refractivity contribution in [1.82, 2.24) is 15.4 Å². The molecule has 1 aliphatic heterocycles. The molecule has 1 saturated heterocycles. The van der Waals surface area contributed by atoms with Crippen LogP contribution in [0.3, 0.4) is 0 Å². The molecular weight excluding hydrogens is 266 g/mol. The molecule has 5 heteroatoms. The molecule has 0 bridgehead atoms. The van der Waals surface area contributed by atoms with E-state index in [0.29, 0.717) is 18.4 Å². The lowest BCUT2D eigenvalue weighted by molar-refractivity contribution is -0.131. The molecule has 0 saturated carbocycles. The quantitative estimate of drug-likeness (QED) is 0.872. The van der Waals surface area contributed by atoms with Crippen molar-refractivity contribution >= 4 is 5.91 Å². The average Bonchev–Trinajstić information content (AvgIpc) is 3.02. The van der Waals surface area contributed by atoms with E-state index in [1.54, 1.807) is 0 Å². The SMILES string of the molecule is Cc1noc(C)c1CC(=O)N(CC(C)C)CC1CCCN1. The van der Waals surface area contributed by atoms with Crippen molar-refractivity contribution in [3.05, 3.63) is 17.0 Å². The predicted molar refractivity (Wildman–Crippen MR) is 82.1 cm³/mol. The number of hydrogen-bond donors (Lipinski definition) is 1. The number of nitrogens with zero attached hydrogens (tertiary/aromatic N) is 2. The number of aromatic nitrogens is 1. The molecule has 1 aromatic rings. The van der Waals surface area contributed by atoms with E-state index in [-0.39, 0.29) is 5.91 Å². The van der Waals surface area contributed by atoms with Crippen molar-refractivity contribution in [2.75, 3.05) is 19.6 Å². The maximum atomic E-state index is 12.7. The third-order valence-electron chi connectivity index (χ3n) is 4.05. The molecule has 5 nitrogen and oxygen atoms in total. The Bertz CT molecular complexity index is 456. The minimum Gasteiger partial charge on any atom is -0.361 e. The van der Waals surface area contributed by atoms with E-state index in [9.17, 15) is 4.79 Å². The Morgan fingerprint density at radius 3 is 2.76 bits per heavy atom. The minimum absolute atomic E-state index is 0.173. The first-order valence-corrected chi connectivity index (χ1v) is 7.90. The zero-order valence-electron chi connectivity index (χ0n) is 13.6. The monoisotopic (exact) mass is 293 g/mol. The first-order chi connectivity index (χ1) is 9.97. The Labute approximate surface area is 127 Å². The molecule has 1 aliphatic rings. The van der Waals surface area contributed by atoms with Gasteiger partial charge in [-0.2, -0.15) is 0 Å². The van der Waals surface area contributed by atoms with Gasteiger partial charge in [0.25, 0.3) is 0 Å². The Morgan fingerprint density at radius 2 is 2.24 bits per heavy atom. The van der Waals surface area contributed by atoms with Gasteiger partial charge in [0.15, 0.2) is 0 Å². The number of carbonyl (C=O) groups is 1. The zero-order chi connectivity index (χ0) is 15.4. The Balaban J connectivity index is 2.02. The smallest absolute Gasteiger partial charge is 0.227 e. The highest BCUT2D eigenvalue weighted by Crippen LogP contribution is 2.16. The molecule has 21 heavy (non-hydrogen) atoms. The molecule has 1 unspecified atom stereocenters. The second-order valence-electron chi connectivity index (χ2n) is 6.47. The van der Waals surface area contributed by atoms with Gasteiger partial charge in [-0.15, -0.1) is 0 Å². The van der Waals surface area contributed by atoms with Crippen LogP contribution in [0.25, 0.3) is 0 Å². The molecule has 0 aliphatic carbocycles. The Kier molecular flexibility index (Phi) is 5.39. The normalized spacial score (nSPS) is 18.4. The lowest BCUT2D eigenvalue weighted by Crippen LogP contribution is -2.43. The van der Waals surface area contributed by atoms with Crippen LogP contribution in [0.2, 0.25) is 0 Å². The average molecular weight is 293 g/mol. The van der Waals surface area contributed by atoms with E-state index in [2.05, 4.69) is 24.3 Å². The first-order valence-electron chi connectivity index (χ1n) is 7.90. The van der Waals surface area contributed by atoms with Crippen LogP contribution in [0.15, 0.2) is 4.52 Å². The van der Waals surface area contributed by atoms with Crippen molar-refractivity contribution in [2.24, 2.45) is 5.92 Å². The Hall–Kier alpha value is -1.36. The van der Waals surface area contributed by atoms with Crippen LogP contribution in [0.5, 0.6) is 0 Å². The summed E-state index contributed by atoms with van der Waals surface area (Å²) in [5.74, 6) is 1.40. The van der Waals surface area contributed by atoms with Crippen LogP contribution >= 0.6 is 0 Å². The van der Waals surface area contributed by atoms with E-state index in [1.807, 2.05) is 18.7 Å².